The summed E-state index contributed by atoms with van der Waals surface area (Å²) in [5.74, 6) is 0.174. The maximum Gasteiger partial charge on any atom is 0.196 e. The molecule has 148 valence electrons. The van der Waals surface area contributed by atoms with Crippen molar-refractivity contribution in [2.24, 2.45) is 0 Å². The summed E-state index contributed by atoms with van der Waals surface area (Å²) in [6, 6.07) is 8.94. The first kappa shape index (κ1) is 19.6. The van der Waals surface area contributed by atoms with E-state index in [9.17, 15) is 10.2 Å². The maximum atomic E-state index is 9.18. The molecule has 0 fully saturated rings. The van der Waals surface area contributed by atoms with Gasteiger partial charge in [0.1, 0.15) is 11.3 Å². The highest BCUT2D eigenvalue weighted by molar-refractivity contribution is 7.99. The molecule has 0 saturated carbocycles. The molecule has 1 aromatic carbocycles. The van der Waals surface area contributed by atoms with Gasteiger partial charge in [-0.05, 0) is 46.9 Å². The molecule has 0 atom stereocenters. The van der Waals surface area contributed by atoms with E-state index in [1.165, 1.54) is 38.9 Å². The second-order valence-corrected chi connectivity index (χ2v) is 10.1. The van der Waals surface area contributed by atoms with Gasteiger partial charge in [-0.3, -0.25) is 4.57 Å². The van der Waals surface area contributed by atoms with Crippen molar-refractivity contribution in [3.63, 3.8) is 0 Å². The number of benzene rings is 1. The highest BCUT2D eigenvalue weighted by Crippen LogP contribution is 2.44. The number of aliphatic hydroxyl groups is 2. The molecule has 0 radical (unpaired) electrons. The Labute approximate surface area is 173 Å². The first-order chi connectivity index (χ1) is 13.3. The summed E-state index contributed by atoms with van der Waals surface area (Å²) < 4.78 is 1.99. The number of rotatable bonds is 5. The molecule has 0 amide bonds. The number of hydrogen-bond donors (Lipinski definition) is 2. The fourth-order valence-electron chi connectivity index (χ4n) is 3.61. The number of thiophene rings is 1. The van der Waals surface area contributed by atoms with Crippen molar-refractivity contribution >= 4 is 23.1 Å². The smallest absolute Gasteiger partial charge is 0.196 e. The first-order valence-corrected chi connectivity index (χ1v) is 11.3. The van der Waals surface area contributed by atoms with Gasteiger partial charge in [0, 0.05) is 4.88 Å². The Morgan fingerprint density at radius 2 is 1.86 bits per heavy atom. The van der Waals surface area contributed by atoms with Crippen LogP contribution in [0.2, 0.25) is 0 Å². The summed E-state index contributed by atoms with van der Waals surface area (Å²) in [5.41, 5.74) is 5.56. The standard InChI is InChI=1S/C21H25N3O2S2/c1-21(2,3)14-9-7-13(8-10-14)18-15-5-4-6-16(15)19(28-18)24-12-22-23-20(24)27-11-17(25)26/h7-10,12,17,25-26H,4-6,11H2,1-3H3. The van der Waals surface area contributed by atoms with E-state index < -0.39 is 6.29 Å². The van der Waals surface area contributed by atoms with Crippen LogP contribution in [0.1, 0.15) is 43.9 Å². The zero-order valence-corrected chi connectivity index (χ0v) is 18.0. The maximum absolute atomic E-state index is 9.18. The van der Waals surface area contributed by atoms with E-state index in [-0.39, 0.29) is 11.2 Å². The Kier molecular flexibility index (Phi) is 5.35. The van der Waals surface area contributed by atoms with Crippen molar-refractivity contribution < 1.29 is 10.2 Å². The topological polar surface area (TPSA) is 71.2 Å². The van der Waals surface area contributed by atoms with Crippen LogP contribution >= 0.6 is 23.1 Å². The summed E-state index contributed by atoms with van der Waals surface area (Å²) in [4.78, 5) is 1.33. The van der Waals surface area contributed by atoms with Crippen LogP contribution in [0, 0.1) is 0 Å². The van der Waals surface area contributed by atoms with Gasteiger partial charge in [-0.15, -0.1) is 21.5 Å². The van der Waals surface area contributed by atoms with E-state index >= 15 is 0 Å². The van der Waals surface area contributed by atoms with E-state index in [0.717, 1.165) is 24.3 Å². The third-order valence-electron chi connectivity index (χ3n) is 5.06. The molecule has 2 heterocycles. The summed E-state index contributed by atoms with van der Waals surface area (Å²) in [6.07, 6.45) is 3.69. The lowest BCUT2D eigenvalue weighted by molar-refractivity contribution is -0.0186. The summed E-state index contributed by atoms with van der Waals surface area (Å²) in [6.45, 7) is 6.70. The normalized spacial score (nSPS) is 14.1. The zero-order chi connectivity index (χ0) is 19.9. The van der Waals surface area contributed by atoms with Crippen molar-refractivity contribution in [3.05, 3.63) is 47.3 Å². The molecule has 2 aromatic heterocycles. The Bertz CT molecular complexity index is 969. The third-order valence-corrected chi connectivity index (χ3v) is 7.38. The summed E-state index contributed by atoms with van der Waals surface area (Å²) in [5, 5.41) is 28.4. The monoisotopic (exact) mass is 415 g/mol. The van der Waals surface area contributed by atoms with Crippen LogP contribution < -0.4 is 0 Å². The Morgan fingerprint density at radius 1 is 1.14 bits per heavy atom. The molecule has 2 N–H and O–H groups in total. The van der Waals surface area contributed by atoms with Gasteiger partial charge in [0.2, 0.25) is 0 Å². The highest BCUT2D eigenvalue weighted by atomic mass is 32.2. The Morgan fingerprint density at radius 3 is 2.54 bits per heavy atom. The van der Waals surface area contributed by atoms with Crippen LogP contribution in [0.4, 0.5) is 0 Å². The Hall–Kier alpha value is -1.67. The van der Waals surface area contributed by atoms with Crippen molar-refractivity contribution in [2.45, 2.75) is 56.9 Å². The third kappa shape index (κ3) is 3.76. The van der Waals surface area contributed by atoms with Gasteiger partial charge in [-0.1, -0.05) is 56.8 Å². The molecule has 3 aromatic rings. The molecule has 4 rings (SSSR count). The van der Waals surface area contributed by atoms with Gasteiger partial charge in [0.15, 0.2) is 11.4 Å². The summed E-state index contributed by atoms with van der Waals surface area (Å²) >= 11 is 3.09. The molecule has 0 bridgehead atoms. The fourth-order valence-corrected chi connectivity index (χ4v) is 5.73. The Balaban J connectivity index is 1.72. The number of hydrogen-bond acceptors (Lipinski definition) is 6. The van der Waals surface area contributed by atoms with Crippen LogP contribution in [-0.2, 0) is 18.3 Å². The summed E-state index contributed by atoms with van der Waals surface area (Å²) in [7, 11) is 0. The molecule has 0 aliphatic heterocycles. The largest absolute Gasteiger partial charge is 0.367 e. The van der Waals surface area contributed by atoms with Crippen molar-refractivity contribution in [1.82, 2.24) is 14.8 Å². The second-order valence-electron chi connectivity index (χ2n) is 8.15. The van der Waals surface area contributed by atoms with Crippen molar-refractivity contribution in [1.29, 1.82) is 0 Å². The fraction of sp³-hybridized carbons (Fsp3) is 0.429. The quantitative estimate of drug-likeness (QED) is 0.483. The number of nitrogens with zero attached hydrogens (tertiary/aromatic N) is 3. The minimum atomic E-state index is -1.36. The van der Waals surface area contributed by atoms with Crippen LogP contribution in [0.25, 0.3) is 15.4 Å². The molecule has 5 nitrogen and oxygen atoms in total. The molecule has 0 unspecified atom stereocenters. The number of aliphatic hydroxyl groups excluding tert-OH is 1. The number of aromatic nitrogens is 3. The van der Waals surface area contributed by atoms with Gasteiger partial charge in [-0.2, -0.15) is 0 Å². The van der Waals surface area contributed by atoms with Crippen molar-refractivity contribution in [3.8, 4) is 15.4 Å². The first-order valence-electron chi connectivity index (χ1n) is 9.49. The predicted octanol–water partition coefficient (Wildman–Crippen LogP) is 4.18. The molecule has 1 aliphatic rings. The van der Waals surface area contributed by atoms with E-state index in [1.54, 1.807) is 17.7 Å². The molecule has 1 aliphatic carbocycles. The molecule has 0 spiro atoms. The predicted molar refractivity (Wildman–Crippen MR) is 114 cm³/mol. The minimum Gasteiger partial charge on any atom is -0.367 e. The van der Waals surface area contributed by atoms with Crippen LogP contribution in [0.5, 0.6) is 0 Å². The van der Waals surface area contributed by atoms with Gasteiger partial charge >= 0.3 is 0 Å². The second kappa shape index (κ2) is 7.63. The highest BCUT2D eigenvalue weighted by Gasteiger charge is 2.26. The lowest BCUT2D eigenvalue weighted by atomic mass is 9.86. The minimum absolute atomic E-state index is 0.146. The van der Waals surface area contributed by atoms with Gasteiger partial charge < -0.3 is 10.2 Å². The number of fused-ring (bicyclic) bond motifs is 1. The lowest BCUT2D eigenvalue weighted by Gasteiger charge is -2.19. The van der Waals surface area contributed by atoms with Gasteiger partial charge in [0.25, 0.3) is 0 Å². The van der Waals surface area contributed by atoms with Crippen LogP contribution in [0.15, 0.2) is 35.7 Å². The van der Waals surface area contributed by atoms with Crippen LogP contribution in [0.3, 0.4) is 0 Å². The molecule has 0 saturated heterocycles. The van der Waals surface area contributed by atoms with Crippen LogP contribution in [-0.4, -0.2) is 37.0 Å². The molecule has 28 heavy (non-hydrogen) atoms. The number of thioether (sulfide) groups is 1. The van der Waals surface area contributed by atoms with E-state index in [4.69, 9.17) is 0 Å². The van der Waals surface area contributed by atoms with Gasteiger partial charge in [0.05, 0.1) is 5.75 Å². The van der Waals surface area contributed by atoms with Gasteiger partial charge in [-0.25, -0.2) is 0 Å². The molecular weight excluding hydrogens is 390 g/mol. The van der Waals surface area contributed by atoms with E-state index in [1.807, 2.05) is 4.57 Å². The van der Waals surface area contributed by atoms with E-state index in [2.05, 4.69) is 55.2 Å². The lowest BCUT2D eigenvalue weighted by Crippen LogP contribution is -2.10. The van der Waals surface area contributed by atoms with Crippen molar-refractivity contribution in [2.75, 3.05) is 5.75 Å². The average molecular weight is 416 g/mol. The average Bonchev–Trinajstić information content (AvgIpc) is 3.35. The molecule has 7 heteroatoms. The van der Waals surface area contributed by atoms with E-state index in [0.29, 0.717) is 5.16 Å². The zero-order valence-electron chi connectivity index (χ0n) is 16.3. The SMILES string of the molecule is CC(C)(C)c1ccc(-c2sc(-n3cnnc3SCC(O)O)c3c2CCC3)cc1. The molecular formula is C21H25N3O2S2.